The minimum atomic E-state index is -1.04. The van der Waals surface area contributed by atoms with E-state index in [0.29, 0.717) is 16.3 Å². The highest BCUT2D eigenvalue weighted by Crippen LogP contribution is 2.28. The van der Waals surface area contributed by atoms with Crippen LogP contribution in [0.15, 0.2) is 41.2 Å². The lowest BCUT2D eigenvalue weighted by Gasteiger charge is -2.09. The Balaban J connectivity index is 1.69. The van der Waals surface area contributed by atoms with Crippen molar-refractivity contribution in [2.24, 2.45) is 0 Å². The molecule has 6 nitrogen and oxygen atoms in total. The van der Waals surface area contributed by atoms with Gasteiger partial charge in [-0.05, 0) is 42.1 Å². The van der Waals surface area contributed by atoms with Crippen molar-refractivity contribution >= 4 is 40.2 Å². The van der Waals surface area contributed by atoms with Crippen LogP contribution in [0, 0.1) is 6.92 Å². The molecular weight excluding hydrogens is 360 g/mol. The molecule has 25 heavy (non-hydrogen) atoms. The number of thiophene rings is 1. The Kier molecular flexibility index (Phi) is 5.11. The molecule has 3 rings (SSSR count). The number of carboxylic acid groups (broad SMARTS) is 1. The number of thiazole rings is 1. The number of carbonyl (C=O) groups excluding carboxylic acids is 1. The topological polar surface area (TPSA) is 88.5 Å². The zero-order chi connectivity index (χ0) is 17.8. The Morgan fingerprint density at radius 3 is 2.84 bits per heavy atom. The number of hydrogen-bond donors (Lipinski definition) is 2. The van der Waals surface area contributed by atoms with Gasteiger partial charge in [-0.15, -0.1) is 11.3 Å². The molecule has 0 bridgehead atoms. The summed E-state index contributed by atoms with van der Waals surface area (Å²) in [7, 11) is 0. The third kappa shape index (κ3) is 4.23. The lowest BCUT2D eigenvalue weighted by Crippen LogP contribution is -2.12. The number of nitrogens with one attached hydrogen (secondary N) is 1. The highest BCUT2D eigenvalue weighted by molar-refractivity contribution is 7.17. The zero-order valence-electron chi connectivity index (χ0n) is 13.2. The van der Waals surface area contributed by atoms with Gasteiger partial charge in [0, 0.05) is 16.6 Å². The maximum atomic E-state index is 12.4. The van der Waals surface area contributed by atoms with Gasteiger partial charge in [0.25, 0.3) is 5.91 Å². The second kappa shape index (κ2) is 7.45. The summed E-state index contributed by atoms with van der Waals surface area (Å²) in [4.78, 5) is 27.7. The van der Waals surface area contributed by atoms with Crippen LogP contribution in [-0.2, 0) is 4.79 Å². The summed E-state index contributed by atoms with van der Waals surface area (Å²) in [6.45, 7) is 1.41. The molecule has 0 aliphatic heterocycles. The molecule has 0 saturated carbocycles. The number of aromatic nitrogens is 1. The number of carbonyl (C=O) groups is 2. The van der Waals surface area contributed by atoms with E-state index in [-0.39, 0.29) is 5.91 Å². The molecule has 1 aromatic carbocycles. The zero-order valence-corrected chi connectivity index (χ0v) is 14.8. The smallest absolute Gasteiger partial charge is 0.341 e. The molecule has 128 valence electrons. The molecule has 0 spiro atoms. The minimum Gasteiger partial charge on any atom is -0.482 e. The van der Waals surface area contributed by atoms with Gasteiger partial charge >= 0.3 is 5.97 Å². The van der Waals surface area contributed by atoms with E-state index in [9.17, 15) is 9.59 Å². The van der Waals surface area contributed by atoms with Gasteiger partial charge in [-0.2, -0.15) is 11.3 Å². The van der Waals surface area contributed by atoms with Crippen LogP contribution < -0.4 is 10.1 Å². The number of nitrogens with zero attached hydrogens (tertiary/aromatic N) is 1. The molecule has 2 aromatic heterocycles. The number of benzene rings is 1. The van der Waals surface area contributed by atoms with Gasteiger partial charge in [0.15, 0.2) is 6.61 Å². The number of aryl methyl sites for hydroxylation is 1. The summed E-state index contributed by atoms with van der Waals surface area (Å²) in [5.74, 6) is -0.835. The molecule has 0 atom stereocenters. The van der Waals surface area contributed by atoms with Crippen molar-refractivity contribution in [3.05, 3.63) is 51.7 Å². The van der Waals surface area contributed by atoms with Crippen LogP contribution in [0.2, 0.25) is 0 Å². The maximum absolute atomic E-state index is 12.4. The quantitative estimate of drug-likeness (QED) is 0.683. The Hall–Kier alpha value is -2.71. The summed E-state index contributed by atoms with van der Waals surface area (Å²) < 4.78 is 5.12. The average molecular weight is 374 g/mol. The number of rotatable bonds is 6. The molecule has 0 saturated heterocycles. The second-order valence-electron chi connectivity index (χ2n) is 5.15. The summed E-state index contributed by atoms with van der Waals surface area (Å²) >= 11 is 2.91. The van der Waals surface area contributed by atoms with Crippen LogP contribution in [0.3, 0.4) is 0 Å². The van der Waals surface area contributed by atoms with E-state index >= 15 is 0 Å². The molecule has 8 heteroatoms. The van der Waals surface area contributed by atoms with Crippen LogP contribution in [0.1, 0.15) is 15.2 Å². The summed E-state index contributed by atoms with van der Waals surface area (Å²) in [6.07, 6.45) is 1.56. The minimum absolute atomic E-state index is 0.235. The fourth-order valence-corrected chi connectivity index (χ4v) is 3.62. The maximum Gasteiger partial charge on any atom is 0.341 e. The van der Waals surface area contributed by atoms with Gasteiger partial charge < -0.3 is 15.2 Å². The highest BCUT2D eigenvalue weighted by Gasteiger charge is 2.13. The number of aliphatic carboxylic acids is 1. The molecular formula is C17H14N2O4S2. The van der Waals surface area contributed by atoms with E-state index in [2.05, 4.69) is 10.3 Å². The molecule has 2 heterocycles. The summed E-state index contributed by atoms with van der Waals surface area (Å²) in [6, 6.07) is 6.95. The van der Waals surface area contributed by atoms with Crippen molar-refractivity contribution in [3.8, 4) is 16.3 Å². The highest BCUT2D eigenvalue weighted by atomic mass is 32.1. The second-order valence-corrected chi connectivity index (χ2v) is 6.97. The van der Waals surface area contributed by atoms with Crippen LogP contribution in [-0.4, -0.2) is 28.6 Å². The van der Waals surface area contributed by atoms with Gasteiger partial charge in [-0.1, -0.05) is 0 Å². The molecule has 3 aromatic rings. The van der Waals surface area contributed by atoms with Crippen LogP contribution in [0.25, 0.3) is 10.6 Å². The first-order valence-electron chi connectivity index (χ1n) is 7.28. The van der Waals surface area contributed by atoms with Gasteiger partial charge in [0.2, 0.25) is 0 Å². The Morgan fingerprint density at radius 2 is 2.16 bits per heavy atom. The summed E-state index contributed by atoms with van der Waals surface area (Å²) in [5.41, 5.74) is 2.42. The van der Waals surface area contributed by atoms with Gasteiger partial charge in [0.1, 0.15) is 15.6 Å². The van der Waals surface area contributed by atoms with Crippen molar-refractivity contribution in [3.63, 3.8) is 0 Å². The van der Waals surface area contributed by atoms with E-state index < -0.39 is 12.6 Å². The third-order valence-corrected chi connectivity index (χ3v) is 5.03. The van der Waals surface area contributed by atoms with Gasteiger partial charge in [-0.25, -0.2) is 9.78 Å². The average Bonchev–Trinajstić information content (AvgIpc) is 3.26. The number of amides is 1. The lowest BCUT2D eigenvalue weighted by atomic mass is 10.2. The van der Waals surface area contributed by atoms with Crippen LogP contribution >= 0.6 is 22.7 Å². The Labute approximate surface area is 151 Å². The molecule has 0 fully saturated rings. The van der Waals surface area contributed by atoms with Gasteiger partial charge in [-0.3, -0.25) is 4.79 Å². The van der Waals surface area contributed by atoms with E-state index in [4.69, 9.17) is 9.84 Å². The van der Waals surface area contributed by atoms with E-state index in [0.717, 1.165) is 16.1 Å². The van der Waals surface area contributed by atoms with E-state index in [1.54, 1.807) is 35.7 Å². The molecule has 0 radical (unpaired) electrons. The largest absolute Gasteiger partial charge is 0.482 e. The fraction of sp³-hybridized carbons (Fsp3) is 0.118. The predicted molar refractivity (Wildman–Crippen MR) is 97.7 cm³/mol. The number of hydrogen-bond acceptors (Lipinski definition) is 6. The number of carboxylic acids is 1. The molecule has 0 aliphatic rings. The van der Waals surface area contributed by atoms with Crippen LogP contribution in [0.4, 0.5) is 5.69 Å². The van der Waals surface area contributed by atoms with Crippen molar-refractivity contribution in [1.29, 1.82) is 0 Å². The first-order valence-corrected chi connectivity index (χ1v) is 9.04. The molecule has 0 unspecified atom stereocenters. The summed E-state index contributed by atoms with van der Waals surface area (Å²) in [5, 5.41) is 16.2. The standard InChI is InChI=1S/C17H14N2O4S2/c1-10-6-12(23-8-15(20)21)2-3-13(10)19-16(22)14-7-18-17(25-14)11-4-5-24-9-11/h2-7,9H,8H2,1H3,(H,19,22)(H,20,21). The van der Waals surface area contributed by atoms with Crippen molar-refractivity contribution in [2.45, 2.75) is 6.92 Å². The normalized spacial score (nSPS) is 10.4. The predicted octanol–water partition coefficient (Wildman–Crippen LogP) is 3.90. The molecule has 1 amide bonds. The number of anilines is 1. The van der Waals surface area contributed by atoms with E-state index in [1.807, 2.05) is 23.8 Å². The van der Waals surface area contributed by atoms with Crippen molar-refractivity contribution in [1.82, 2.24) is 4.98 Å². The van der Waals surface area contributed by atoms with Crippen LogP contribution in [0.5, 0.6) is 5.75 Å². The molecule has 2 N–H and O–H groups in total. The van der Waals surface area contributed by atoms with Gasteiger partial charge in [0.05, 0.1) is 6.20 Å². The van der Waals surface area contributed by atoms with Crippen molar-refractivity contribution in [2.75, 3.05) is 11.9 Å². The first-order chi connectivity index (χ1) is 12.0. The first kappa shape index (κ1) is 17.1. The van der Waals surface area contributed by atoms with Crippen molar-refractivity contribution < 1.29 is 19.4 Å². The fourth-order valence-electron chi connectivity index (χ4n) is 2.09. The Bertz CT molecular complexity index is 903. The Morgan fingerprint density at radius 1 is 1.32 bits per heavy atom. The third-order valence-electron chi connectivity index (χ3n) is 3.31. The lowest BCUT2D eigenvalue weighted by molar-refractivity contribution is -0.139. The monoisotopic (exact) mass is 374 g/mol. The van der Waals surface area contributed by atoms with E-state index in [1.165, 1.54) is 11.3 Å². The SMILES string of the molecule is Cc1cc(OCC(=O)O)ccc1NC(=O)c1cnc(-c2ccsc2)s1. The number of ether oxygens (including phenoxy) is 1. The molecule has 0 aliphatic carbocycles.